The fraction of sp³-hybridized carbons (Fsp3) is 0.588. The third kappa shape index (κ3) is 4.49. The molecule has 1 saturated heterocycles. The lowest BCUT2D eigenvalue weighted by Gasteiger charge is -2.30. The molecule has 2 rings (SSSR count). The van der Waals surface area contributed by atoms with Gasteiger partial charge in [0.2, 0.25) is 15.9 Å². The lowest BCUT2D eigenvalue weighted by Crippen LogP contribution is -2.43. The van der Waals surface area contributed by atoms with Gasteiger partial charge in [-0.3, -0.25) is 4.79 Å². The maximum Gasteiger partial charge on any atom is 0.243 e. The zero-order chi connectivity index (χ0) is 17.9. The van der Waals surface area contributed by atoms with Gasteiger partial charge in [-0.2, -0.15) is 4.31 Å². The maximum absolute atomic E-state index is 12.7. The van der Waals surface area contributed by atoms with Crippen molar-refractivity contribution in [2.75, 3.05) is 19.6 Å². The van der Waals surface area contributed by atoms with Crippen LogP contribution < -0.4 is 5.32 Å². The van der Waals surface area contributed by atoms with E-state index in [9.17, 15) is 13.2 Å². The van der Waals surface area contributed by atoms with E-state index in [1.54, 1.807) is 12.1 Å². The highest BCUT2D eigenvalue weighted by molar-refractivity contribution is 7.89. The lowest BCUT2D eigenvalue weighted by molar-refractivity contribution is -0.126. The van der Waals surface area contributed by atoms with Gasteiger partial charge in [0.1, 0.15) is 0 Å². The van der Waals surface area contributed by atoms with E-state index in [1.165, 1.54) is 10.4 Å². The monoisotopic (exact) mass is 372 g/mol. The molecule has 0 radical (unpaired) electrons. The molecule has 5 nitrogen and oxygen atoms in total. The molecule has 134 valence electrons. The Hall–Kier alpha value is -1.11. The number of piperidine rings is 1. The van der Waals surface area contributed by atoms with Crippen molar-refractivity contribution in [3.05, 3.63) is 28.8 Å². The fourth-order valence-corrected chi connectivity index (χ4v) is 4.43. The topological polar surface area (TPSA) is 66.5 Å². The number of nitrogens with one attached hydrogen (secondary N) is 1. The molecule has 0 saturated carbocycles. The molecule has 1 aliphatic rings. The first kappa shape index (κ1) is 19.2. The third-order valence-corrected chi connectivity index (χ3v) is 6.59. The van der Waals surface area contributed by atoms with Crippen molar-refractivity contribution in [1.29, 1.82) is 0 Å². The van der Waals surface area contributed by atoms with E-state index in [-0.39, 0.29) is 16.7 Å². The van der Waals surface area contributed by atoms with Gasteiger partial charge in [0.05, 0.1) is 4.90 Å². The molecule has 1 amide bonds. The summed E-state index contributed by atoms with van der Waals surface area (Å²) < 4.78 is 26.9. The summed E-state index contributed by atoms with van der Waals surface area (Å²) in [7, 11) is -3.56. The van der Waals surface area contributed by atoms with E-state index >= 15 is 0 Å². The largest absolute Gasteiger partial charge is 0.356 e. The summed E-state index contributed by atoms with van der Waals surface area (Å²) in [6.45, 7) is 7.28. The number of hydrogen-bond donors (Lipinski definition) is 1. The Labute approximate surface area is 149 Å². The average Bonchev–Trinajstić information content (AvgIpc) is 2.55. The van der Waals surface area contributed by atoms with Crippen molar-refractivity contribution in [3.63, 3.8) is 0 Å². The van der Waals surface area contributed by atoms with Crippen molar-refractivity contribution in [1.82, 2.24) is 9.62 Å². The molecule has 0 unspecified atom stereocenters. The van der Waals surface area contributed by atoms with Crippen LogP contribution in [0.4, 0.5) is 0 Å². The summed E-state index contributed by atoms with van der Waals surface area (Å²) in [4.78, 5) is 12.3. The minimum atomic E-state index is -3.56. The lowest BCUT2D eigenvalue weighted by atomic mass is 9.97. The highest BCUT2D eigenvalue weighted by Crippen LogP contribution is 2.26. The first-order chi connectivity index (χ1) is 11.2. The van der Waals surface area contributed by atoms with Gasteiger partial charge in [0.25, 0.3) is 0 Å². The second kappa shape index (κ2) is 7.85. The smallest absolute Gasteiger partial charge is 0.243 e. The molecule has 1 N–H and O–H groups in total. The standard InChI is InChI=1S/C17H25ClN2O3S/c1-12(2)11-19-17(21)14-6-8-20(9-7-14)24(22,23)15-5-4-13(3)16(18)10-15/h4-5,10,12,14H,6-9,11H2,1-3H3,(H,19,21). The molecule has 1 heterocycles. The van der Waals surface area contributed by atoms with Gasteiger partial charge < -0.3 is 5.32 Å². The molecule has 0 atom stereocenters. The summed E-state index contributed by atoms with van der Waals surface area (Å²) >= 11 is 6.05. The van der Waals surface area contributed by atoms with Crippen molar-refractivity contribution in [2.45, 2.75) is 38.5 Å². The van der Waals surface area contributed by atoms with E-state index in [0.717, 1.165) is 5.56 Å². The molecule has 1 aliphatic heterocycles. The summed E-state index contributed by atoms with van der Waals surface area (Å²) in [5, 5.41) is 3.37. The van der Waals surface area contributed by atoms with Crippen molar-refractivity contribution >= 4 is 27.5 Å². The Bertz CT molecular complexity index is 696. The number of hydrogen-bond acceptors (Lipinski definition) is 3. The van der Waals surface area contributed by atoms with E-state index < -0.39 is 10.0 Å². The molecule has 0 aliphatic carbocycles. The van der Waals surface area contributed by atoms with E-state index in [4.69, 9.17) is 11.6 Å². The van der Waals surface area contributed by atoms with Gasteiger partial charge in [0, 0.05) is 30.6 Å². The molecule has 0 bridgehead atoms. The van der Waals surface area contributed by atoms with Crippen LogP contribution in [0.25, 0.3) is 0 Å². The summed E-state index contributed by atoms with van der Waals surface area (Å²) in [5.74, 6) is 0.316. The summed E-state index contributed by atoms with van der Waals surface area (Å²) in [5.41, 5.74) is 0.844. The predicted molar refractivity (Wildman–Crippen MR) is 95.5 cm³/mol. The van der Waals surface area contributed by atoms with Crippen LogP contribution in [0.15, 0.2) is 23.1 Å². The number of rotatable bonds is 5. The number of carbonyl (C=O) groups excluding carboxylic acids is 1. The van der Waals surface area contributed by atoms with Gasteiger partial charge in [-0.05, 0) is 43.4 Å². The van der Waals surface area contributed by atoms with Crippen LogP contribution in [-0.4, -0.2) is 38.3 Å². The number of carbonyl (C=O) groups is 1. The molecule has 0 aromatic heterocycles. The van der Waals surface area contributed by atoms with Crippen LogP contribution >= 0.6 is 11.6 Å². The van der Waals surface area contributed by atoms with Gasteiger partial charge in [-0.15, -0.1) is 0 Å². The van der Waals surface area contributed by atoms with E-state index in [0.29, 0.717) is 43.4 Å². The van der Waals surface area contributed by atoms with Crippen LogP contribution in [-0.2, 0) is 14.8 Å². The van der Waals surface area contributed by atoms with Crippen molar-refractivity contribution in [2.24, 2.45) is 11.8 Å². The summed E-state index contributed by atoms with van der Waals surface area (Å²) in [6.07, 6.45) is 1.09. The van der Waals surface area contributed by atoms with E-state index in [2.05, 4.69) is 5.32 Å². The Kier molecular flexibility index (Phi) is 6.28. The third-order valence-electron chi connectivity index (χ3n) is 4.29. The second-order valence-corrected chi connectivity index (χ2v) is 9.07. The fourth-order valence-electron chi connectivity index (χ4n) is 2.69. The van der Waals surface area contributed by atoms with Gasteiger partial charge in [0.15, 0.2) is 0 Å². The van der Waals surface area contributed by atoms with Crippen LogP contribution in [0.3, 0.4) is 0 Å². The SMILES string of the molecule is Cc1ccc(S(=O)(=O)N2CCC(C(=O)NCC(C)C)CC2)cc1Cl. The normalized spacial score (nSPS) is 17.2. The number of benzene rings is 1. The highest BCUT2D eigenvalue weighted by atomic mass is 35.5. The van der Waals surface area contributed by atoms with Crippen molar-refractivity contribution in [3.8, 4) is 0 Å². The van der Waals surface area contributed by atoms with Gasteiger partial charge in [-0.1, -0.05) is 31.5 Å². The number of nitrogens with zero attached hydrogens (tertiary/aromatic N) is 1. The minimum Gasteiger partial charge on any atom is -0.356 e. The van der Waals surface area contributed by atoms with Crippen LogP contribution in [0, 0.1) is 18.8 Å². The first-order valence-electron chi connectivity index (χ1n) is 8.26. The number of sulfonamides is 1. The van der Waals surface area contributed by atoms with Gasteiger partial charge in [-0.25, -0.2) is 8.42 Å². The molecule has 1 aromatic rings. The van der Waals surface area contributed by atoms with E-state index in [1.807, 2.05) is 20.8 Å². The number of halogens is 1. The zero-order valence-corrected chi connectivity index (χ0v) is 16.0. The average molecular weight is 373 g/mol. The van der Waals surface area contributed by atoms with Crippen LogP contribution in [0.5, 0.6) is 0 Å². The Morgan fingerprint density at radius 3 is 2.50 bits per heavy atom. The highest BCUT2D eigenvalue weighted by Gasteiger charge is 2.32. The van der Waals surface area contributed by atoms with Gasteiger partial charge >= 0.3 is 0 Å². The molecule has 24 heavy (non-hydrogen) atoms. The second-order valence-electron chi connectivity index (χ2n) is 6.73. The zero-order valence-electron chi connectivity index (χ0n) is 14.4. The predicted octanol–water partition coefficient (Wildman–Crippen LogP) is 2.82. The molecule has 1 aromatic carbocycles. The first-order valence-corrected chi connectivity index (χ1v) is 10.1. The number of aryl methyl sites for hydroxylation is 1. The molecule has 1 fully saturated rings. The molecule has 0 spiro atoms. The quantitative estimate of drug-likeness (QED) is 0.864. The molecular weight excluding hydrogens is 348 g/mol. The van der Waals surface area contributed by atoms with Crippen molar-refractivity contribution < 1.29 is 13.2 Å². The summed E-state index contributed by atoms with van der Waals surface area (Å²) in [6, 6.07) is 4.78. The minimum absolute atomic E-state index is 0.0270. The molecular formula is C17H25ClN2O3S. The molecule has 7 heteroatoms. The Morgan fingerprint density at radius 1 is 1.33 bits per heavy atom. The Balaban J connectivity index is 2.00. The van der Waals surface area contributed by atoms with Crippen LogP contribution in [0.1, 0.15) is 32.3 Å². The number of amides is 1. The van der Waals surface area contributed by atoms with Crippen LogP contribution in [0.2, 0.25) is 5.02 Å². The maximum atomic E-state index is 12.7. The Morgan fingerprint density at radius 2 is 1.96 bits per heavy atom.